The van der Waals surface area contributed by atoms with Crippen LogP contribution in [-0.4, -0.2) is 25.0 Å². The Morgan fingerprint density at radius 2 is 1.88 bits per heavy atom. The minimum absolute atomic E-state index is 0.00901. The maximum atomic E-state index is 12.7. The maximum Gasteiger partial charge on any atom is 0.319 e. The van der Waals surface area contributed by atoms with Gasteiger partial charge in [-0.1, -0.05) is 32.0 Å². The molecule has 0 saturated heterocycles. The third kappa shape index (κ3) is 3.99. The molecule has 130 valence electrons. The lowest BCUT2D eigenvalue weighted by atomic mass is 10.1. The first-order valence-corrected chi connectivity index (χ1v) is 8.59. The number of nitrogens with one attached hydrogen (secondary N) is 2. The third-order valence-corrected chi connectivity index (χ3v) is 4.17. The number of fused-ring (bicyclic) bond motifs is 1. The summed E-state index contributed by atoms with van der Waals surface area (Å²) < 4.78 is 0. The lowest BCUT2D eigenvalue weighted by molar-refractivity contribution is 0.0989. The second kappa shape index (κ2) is 7.38. The van der Waals surface area contributed by atoms with Gasteiger partial charge in [0.1, 0.15) is 0 Å². The summed E-state index contributed by atoms with van der Waals surface area (Å²) in [5, 5.41) is 5.68. The molecular weight excluding hydrogens is 314 g/mol. The third-order valence-electron chi connectivity index (χ3n) is 4.17. The summed E-state index contributed by atoms with van der Waals surface area (Å²) in [5.74, 6) is 0.415. The van der Waals surface area contributed by atoms with Crippen molar-refractivity contribution in [3.63, 3.8) is 0 Å². The fourth-order valence-corrected chi connectivity index (χ4v) is 2.90. The zero-order chi connectivity index (χ0) is 17.8. The molecule has 0 fully saturated rings. The van der Waals surface area contributed by atoms with Crippen molar-refractivity contribution >= 4 is 23.3 Å². The van der Waals surface area contributed by atoms with Crippen molar-refractivity contribution in [1.82, 2.24) is 5.32 Å². The molecule has 2 aromatic rings. The van der Waals surface area contributed by atoms with Crippen LogP contribution in [-0.2, 0) is 6.42 Å². The van der Waals surface area contributed by atoms with Gasteiger partial charge in [-0.3, -0.25) is 4.79 Å². The standard InChI is InChI=1S/C20H23N3O2/c1-14(2)13-21-20(25)22-17-8-9-18-16(12-17)10-11-23(18)19(24)15-6-4-3-5-7-15/h3-9,12,14H,10-11,13H2,1-2H3,(H2,21,22,25). The Morgan fingerprint density at radius 3 is 2.60 bits per heavy atom. The largest absolute Gasteiger partial charge is 0.338 e. The van der Waals surface area contributed by atoms with E-state index in [9.17, 15) is 9.59 Å². The Hall–Kier alpha value is -2.82. The Kier molecular flexibility index (Phi) is 5.03. The predicted octanol–water partition coefficient (Wildman–Crippen LogP) is 3.67. The molecule has 0 bridgehead atoms. The molecule has 0 radical (unpaired) electrons. The summed E-state index contributed by atoms with van der Waals surface area (Å²) in [7, 11) is 0. The summed E-state index contributed by atoms with van der Waals surface area (Å²) in [6.45, 7) is 5.39. The van der Waals surface area contributed by atoms with Crippen molar-refractivity contribution in [3.8, 4) is 0 Å². The Balaban J connectivity index is 1.70. The summed E-state index contributed by atoms with van der Waals surface area (Å²) in [6.07, 6.45) is 0.789. The SMILES string of the molecule is CC(C)CNC(=O)Nc1ccc2c(c1)CCN2C(=O)c1ccccc1. The minimum Gasteiger partial charge on any atom is -0.338 e. The van der Waals surface area contributed by atoms with Gasteiger partial charge in [0.15, 0.2) is 0 Å². The first kappa shape index (κ1) is 17.0. The van der Waals surface area contributed by atoms with Crippen LogP contribution in [0.2, 0.25) is 0 Å². The molecule has 0 spiro atoms. The highest BCUT2D eigenvalue weighted by Gasteiger charge is 2.25. The van der Waals surface area contributed by atoms with E-state index in [1.165, 1.54) is 0 Å². The smallest absolute Gasteiger partial charge is 0.319 e. The predicted molar refractivity (Wildman–Crippen MR) is 100 cm³/mol. The molecule has 0 unspecified atom stereocenters. The van der Waals surface area contributed by atoms with Crippen LogP contribution in [0.5, 0.6) is 0 Å². The average molecular weight is 337 g/mol. The van der Waals surface area contributed by atoms with Gasteiger partial charge < -0.3 is 15.5 Å². The van der Waals surface area contributed by atoms with Gasteiger partial charge in [-0.2, -0.15) is 0 Å². The molecule has 5 heteroatoms. The fourth-order valence-electron chi connectivity index (χ4n) is 2.90. The number of anilines is 2. The van der Waals surface area contributed by atoms with Gasteiger partial charge in [0, 0.05) is 30.0 Å². The highest BCUT2D eigenvalue weighted by Crippen LogP contribution is 2.31. The van der Waals surface area contributed by atoms with Crippen LogP contribution in [0.15, 0.2) is 48.5 Å². The van der Waals surface area contributed by atoms with Crippen molar-refractivity contribution in [3.05, 3.63) is 59.7 Å². The fraction of sp³-hybridized carbons (Fsp3) is 0.300. The van der Waals surface area contributed by atoms with Crippen LogP contribution >= 0.6 is 0 Å². The summed E-state index contributed by atoms with van der Waals surface area (Å²) in [6, 6.07) is 14.8. The highest BCUT2D eigenvalue weighted by molar-refractivity contribution is 6.07. The number of hydrogen-bond donors (Lipinski definition) is 2. The summed E-state index contributed by atoms with van der Waals surface area (Å²) in [4.78, 5) is 26.4. The van der Waals surface area contributed by atoms with Crippen LogP contribution in [0.25, 0.3) is 0 Å². The second-order valence-electron chi connectivity index (χ2n) is 6.65. The molecule has 0 aliphatic carbocycles. The molecule has 2 aromatic carbocycles. The quantitative estimate of drug-likeness (QED) is 0.894. The van der Waals surface area contributed by atoms with Gasteiger partial charge >= 0.3 is 6.03 Å². The molecular formula is C20H23N3O2. The Bertz CT molecular complexity index is 772. The van der Waals surface area contributed by atoms with Gasteiger partial charge in [0.2, 0.25) is 0 Å². The molecule has 5 nitrogen and oxygen atoms in total. The van der Waals surface area contributed by atoms with E-state index in [1.807, 2.05) is 62.4 Å². The van der Waals surface area contributed by atoms with E-state index >= 15 is 0 Å². The molecule has 2 N–H and O–H groups in total. The van der Waals surface area contributed by atoms with Crippen molar-refractivity contribution in [2.24, 2.45) is 5.92 Å². The number of benzene rings is 2. The van der Waals surface area contributed by atoms with Gasteiger partial charge in [-0.15, -0.1) is 0 Å². The first-order valence-electron chi connectivity index (χ1n) is 8.59. The van der Waals surface area contributed by atoms with Gasteiger partial charge in [-0.05, 0) is 48.2 Å². The normalized spacial score (nSPS) is 12.8. The van der Waals surface area contributed by atoms with Gasteiger partial charge in [0.05, 0.1) is 0 Å². The van der Waals surface area contributed by atoms with E-state index in [-0.39, 0.29) is 11.9 Å². The number of amides is 3. The lowest BCUT2D eigenvalue weighted by Gasteiger charge is -2.18. The lowest BCUT2D eigenvalue weighted by Crippen LogP contribution is -2.31. The Labute approximate surface area is 148 Å². The first-order chi connectivity index (χ1) is 12.0. The maximum absolute atomic E-state index is 12.7. The monoisotopic (exact) mass is 337 g/mol. The van der Waals surface area contributed by atoms with E-state index in [0.717, 1.165) is 23.4 Å². The molecule has 1 aliphatic heterocycles. The zero-order valence-corrected chi connectivity index (χ0v) is 14.6. The van der Waals surface area contributed by atoms with Crippen LogP contribution in [0.4, 0.5) is 16.2 Å². The Morgan fingerprint density at radius 1 is 1.12 bits per heavy atom. The highest BCUT2D eigenvalue weighted by atomic mass is 16.2. The van der Waals surface area contributed by atoms with Crippen molar-refractivity contribution in [1.29, 1.82) is 0 Å². The topological polar surface area (TPSA) is 61.4 Å². The minimum atomic E-state index is -0.205. The number of urea groups is 1. The van der Waals surface area contributed by atoms with E-state index in [1.54, 1.807) is 4.90 Å². The summed E-state index contributed by atoms with van der Waals surface area (Å²) >= 11 is 0. The van der Waals surface area contributed by atoms with Gasteiger partial charge in [0.25, 0.3) is 5.91 Å². The second-order valence-corrected chi connectivity index (χ2v) is 6.65. The van der Waals surface area contributed by atoms with E-state index in [4.69, 9.17) is 0 Å². The molecule has 1 heterocycles. The molecule has 0 atom stereocenters. The summed E-state index contributed by atoms with van der Waals surface area (Å²) in [5.41, 5.74) is 3.42. The van der Waals surface area contributed by atoms with Crippen molar-refractivity contribution in [2.45, 2.75) is 20.3 Å². The number of carbonyl (C=O) groups excluding carboxylic acids is 2. The number of nitrogens with zero attached hydrogens (tertiary/aromatic N) is 1. The van der Waals surface area contributed by atoms with Crippen LogP contribution < -0.4 is 15.5 Å². The van der Waals surface area contributed by atoms with Crippen LogP contribution in [0.1, 0.15) is 29.8 Å². The zero-order valence-electron chi connectivity index (χ0n) is 14.6. The molecule has 0 saturated carbocycles. The molecule has 3 rings (SSSR count). The molecule has 0 aromatic heterocycles. The number of rotatable bonds is 4. The number of carbonyl (C=O) groups is 2. The molecule has 1 aliphatic rings. The van der Waals surface area contributed by atoms with Crippen molar-refractivity contribution in [2.75, 3.05) is 23.3 Å². The van der Waals surface area contributed by atoms with E-state index < -0.39 is 0 Å². The van der Waals surface area contributed by atoms with Crippen LogP contribution in [0.3, 0.4) is 0 Å². The van der Waals surface area contributed by atoms with E-state index in [0.29, 0.717) is 24.6 Å². The van der Waals surface area contributed by atoms with Gasteiger partial charge in [-0.25, -0.2) is 4.79 Å². The van der Waals surface area contributed by atoms with Crippen LogP contribution in [0, 0.1) is 5.92 Å². The molecule has 3 amide bonds. The number of hydrogen-bond acceptors (Lipinski definition) is 2. The van der Waals surface area contributed by atoms with Crippen molar-refractivity contribution < 1.29 is 9.59 Å². The average Bonchev–Trinajstić information content (AvgIpc) is 3.03. The molecule has 25 heavy (non-hydrogen) atoms. The van der Waals surface area contributed by atoms with E-state index in [2.05, 4.69) is 10.6 Å².